The molecule has 27 heavy (non-hydrogen) atoms. The minimum Gasteiger partial charge on any atom is -0.298 e. The van der Waals surface area contributed by atoms with Crippen molar-refractivity contribution in [1.82, 2.24) is 9.88 Å². The lowest BCUT2D eigenvalue weighted by molar-refractivity contribution is -0.384. The maximum Gasteiger partial charge on any atom is 0.269 e. The monoisotopic (exact) mass is 361 g/mol. The molecular weight excluding hydrogens is 338 g/mol. The van der Waals surface area contributed by atoms with E-state index in [0.29, 0.717) is 6.54 Å². The Morgan fingerprint density at radius 2 is 1.59 bits per heavy atom. The van der Waals surface area contributed by atoms with Crippen molar-refractivity contribution in [2.45, 2.75) is 19.4 Å². The Morgan fingerprint density at radius 3 is 2.33 bits per heavy atom. The molecule has 5 heteroatoms. The highest BCUT2D eigenvalue weighted by molar-refractivity contribution is 5.34. The van der Waals surface area contributed by atoms with Crippen molar-refractivity contribution in [3.8, 4) is 0 Å². The molecule has 0 saturated carbocycles. The van der Waals surface area contributed by atoms with Crippen LogP contribution in [0.3, 0.4) is 0 Å². The van der Waals surface area contributed by atoms with E-state index < -0.39 is 0 Å². The fourth-order valence-corrected chi connectivity index (χ4v) is 3.05. The third-order valence-corrected chi connectivity index (χ3v) is 4.50. The second-order valence-electron chi connectivity index (χ2n) is 6.51. The van der Waals surface area contributed by atoms with E-state index in [-0.39, 0.29) is 10.6 Å². The predicted molar refractivity (Wildman–Crippen MR) is 106 cm³/mol. The molecular formula is C22H23N3O2. The summed E-state index contributed by atoms with van der Waals surface area (Å²) in [4.78, 5) is 17.4. The van der Waals surface area contributed by atoms with E-state index >= 15 is 0 Å². The minimum atomic E-state index is -0.342. The second-order valence-corrected chi connectivity index (χ2v) is 6.51. The zero-order chi connectivity index (χ0) is 18.9. The van der Waals surface area contributed by atoms with Gasteiger partial charge in [0, 0.05) is 50.1 Å². The van der Waals surface area contributed by atoms with Crippen LogP contribution in [0.4, 0.5) is 5.69 Å². The normalized spacial score (nSPS) is 10.9. The van der Waals surface area contributed by atoms with Crippen molar-refractivity contribution in [3.05, 3.63) is 106 Å². The Morgan fingerprint density at radius 1 is 0.852 bits per heavy atom. The predicted octanol–water partition coefficient (Wildman–Crippen LogP) is 4.28. The van der Waals surface area contributed by atoms with Crippen LogP contribution in [-0.4, -0.2) is 27.9 Å². The third kappa shape index (κ3) is 6.01. The van der Waals surface area contributed by atoms with Gasteiger partial charge < -0.3 is 0 Å². The summed E-state index contributed by atoms with van der Waals surface area (Å²) in [5.74, 6) is 0. The third-order valence-electron chi connectivity index (χ3n) is 4.50. The highest BCUT2D eigenvalue weighted by Gasteiger charge is 2.11. The van der Waals surface area contributed by atoms with E-state index in [1.807, 2.05) is 48.7 Å². The first-order valence-corrected chi connectivity index (χ1v) is 9.10. The highest BCUT2D eigenvalue weighted by Crippen LogP contribution is 2.15. The molecule has 0 N–H and O–H groups in total. The Hall–Kier alpha value is -3.05. The SMILES string of the molecule is O=[N+]([O-])c1cccc(CN(CCc2ccccc2)CCc2ccccn2)c1. The van der Waals surface area contributed by atoms with Gasteiger partial charge in [0.15, 0.2) is 0 Å². The largest absolute Gasteiger partial charge is 0.298 e. The van der Waals surface area contributed by atoms with Crippen molar-refractivity contribution in [1.29, 1.82) is 0 Å². The van der Waals surface area contributed by atoms with Crippen LogP contribution in [0.5, 0.6) is 0 Å². The fourth-order valence-electron chi connectivity index (χ4n) is 3.05. The number of nitrogens with zero attached hydrogens (tertiary/aromatic N) is 3. The average Bonchev–Trinajstić information content (AvgIpc) is 2.72. The van der Waals surface area contributed by atoms with Crippen LogP contribution in [0.15, 0.2) is 79.0 Å². The molecule has 5 nitrogen and oxygen atoms in total. The first-order chi connectivity index (χ1) is 13.2. The summed E-state index contributed by atoms with van der Waals surface area (Å²) in [6.07, 6.45) is 3.60. The van der Waals surface area contributed by atoms with Gasteiger partial charge in [0.2, 0.25) is 0 Å². The Bertz CT molecular complexity index is 810. The van der Waals surface area contributed by atoms with E-state index in [2.05, 4.69) is 22.0 Å². The fraction of sp³-hybridized carbons (Fsp3) is 0.227. The summed E-state index contributed by atoms with van der Waals surface area (Å²) in [7, 11) is 0. The number of nitro benzene ring substituents is 1. The molecule has 0 saturated heterocycles. The molecule has 0 radical (unpaired) electrons. The first-order valence-electron chi connectivity index (χ1n) is 9.10. The van der Waals surface area contributed by atoms with Crippen LogP contribution in [-0.2, 0) is 19.4 Å². The number of non-ortho nitro benzene ring substituents is 1. The van der Waals surface area contributed by atoms with Crippen molar-refractivity contribution in [2.24, 2.45) is 0 Å². The van der Waals surface area contributed by atoms with Gasteiger partial charge in [-0.1, -0.05) is 48.5 Å². The molecule has 0 spiro atoms. The number of hydrogen-bond donors (Lipinski definition) is 0. The number of pyridine rings is 1. The van der Waals surface area contributed by atoms with Crippen LogP contribution in [0.25, 0.3) is 0 Å². The average molecular weight is 361 g/mol. The first kappa shape index (κ1) is 18.7. The molecule has 0 fully saturated rings. The molecule has 3 aromatic rings. The lowest BCUT2D eigenvalue weighted by Crippen LogP contribution is -2.28. The molecule has 0 unspecified atom stereocenters. The lowest BCUT2D eigenvalue weighted by Gasteiger charge is -2.22. The van der Waals surface area contributed by atoms with Gasteiger partial charge in [0.25, 0.3) is 5.69 Å². The highest BCUT2D eigenvalue weighted by atomic mass is 16.6. The van der Waals surface area contributed by atoms with Crippen LogP contribution in [0, 0.1) is 10.1 Å². The van der Waals surface area contributed by atoms with Crippen molar-refractivity contribution in [2.75, 3.05) is 13.1 Å². The molecule has 0 aliphatic rings. The number of hydrogen-bond acceptors (Lipinski definition) is 4. The molecule has 2 aromatic carbocycles. The number of rotatable bonds is 9. The quantitative estimate of drug-likeness (QED) is 0.422. The smallest absolute Gasteiger partial charge is 0.269 e. The Balaban J connectivity index is 1.68. The van der Waals surface area contributed by atoms with Gasteiger partial charge in [-0.3, -0.25) is 20.0 Å². The van der Waals surface area contributed by atoms with Gasteiger partial charge in [-0.05, 0) is 29.7 Å². The summed E-state index contributed by atoms with van der Waals surface area (Å²) in [5, 5.41) is 11.0. The molecule has 138 valence electrons. The molecule has 0 aliphatic heterocycles. The molecule has 0 aliphatic carbocycles. The summed E-state index contributed by atoms with van der Waals surface area (Å²) in [5.41, 5.74) is 3.44. The molecule has 0 bridgehead atoms. The van der Waals surface area contributed by atoms with Crippen molar-refractivity contribution in [3.63, 3.8) is 0 Å². The maximum absolute atomic E-state index is 11.0. The van der Waals surface area contributed by atoms with E-state index in [4.69, 9.17) is 0 Å². The zero-order valence-corrected chi connectivity index (χ0v) is 15.2. The van der Waals surface area contributed by atoms with Gasteiger partial charge in [-0.15, -0.1) is 0 Å². The van der Waals surface area contributed by atoms with Crippen molar-refractivity contribution < 1.29 is 4.92 Å². The topological polar surface area (TPSA) is 59.3 Å². The van der Waals surface area contributed by atoms with Crippen molar-refractivity contribution >= 4 is 5.69 Å². The second kappa shape index (κ2) is 9.59. The molecule has 0 amide bonds. The van der Waals surface area contributed by atoms with Crippen LogP contribution >= 0.6 is 0 Å². The van der Waals surface area contributed by atoms with Crippen LogP contribution < -0.4 is 0 Å². The van der Waals surface area contributed by atoms with E-state index in [1.54, 1.807) is 12.1 Å². The number of benzene rings is 2. The molecule has 3 rings (SSSR count). The molecule has 1 aromatic heterocycles. The van der Waals surface area contributed by atoms with E-state index in [1.165, 1.54) is 11.6 Å². The minimum absolute atomic E-state index is 0.139. The lowest BCUT2D eigenvalue weighted by atomic mass is 10.1. The maximum atomic E-state index is 11.0. The van der Waals surface area contributed by atoms with Crippen LogP contribution in [0.2, 0.25) is 0 Å². The van der Waals surface area contributed by atoms with E-state index in [9.17, 15) is 10.1 Å². The molecule has 0 atom stereocenters. The summed E-state index contributed by atoms with van der Waals surface area (Å²) < 4.78 is 0. The standard InChI is InChI=1S/C22H23N3O2/c26-25(27)22-11-6-9-20(17-22)18-24(15-12-19-7-2-1-3-8-19)16-13-21-10-4-5-14-23-21/h1-11,14,17H,12-13,15-16,18H2. The summed E-state index contributed by atoms with van der Waals surface area (Å²) in [6, 6.07) is 23.2. The summed E-state index contributed by atoms with van der Waals surface area (Å²) >= 11 is 0. The van der Waals surface area contributed by atoms with Gasteiger partial charge in [0.05, 0.1) is 4.92 Å². The van der Waals surface area contributed by atoms with Gasteiger partial charge in [-0.25, -0.2) is 0 Å². The number of nitro groups is 1. The van der Waals surface area contributed by atoms with Gasteiger partial charge >= 0.3 is 0 Å². The van der Waals surface area contributed by atoms with Gasteiger partial charge in [0.1, 0.15) is 0 Å². The Kier molecular flexibility index (Phi) is 6.66. The molecule has 1 heterocycles. The zero-order valence-electron chi connectivity index (χ0n) is 15.2. The van der Waals surface area contributed by atoms with Gasteiger partial charge in [-0.2, -0.15) is 0 Å². The summed E-state index contributed by atoms with van der Waals surface area (Å²) in [6.45, 7) is 2.42. The Labute approximate surface area is 159 Å². The van der Waals surface area contributed by atoms with Crippen LogP contribution in [0.1, 0.15) is 16.8 Å². The van der Waals surface area contributed by atoms with E-state index in [0.717, 1.165) is 37.2 Å². The number of aromatic nitrogens is 1.